The van der Waals surface area contributed by atoms with E-state index in [1.165, 1.54) is 22.1 Å². The first-order valence-corrected chi connectivity index (χ1v) is 13.0. The molecule has 0 aliphatic carbocycles. The molecule has 0 saturated carbocycles. The van der Waals surface area contributed by atoms with E-state index in [4.69, 9.17) is 16.3 Å². The van der Waals surface area contributed by atoms with Gasteiger partial charge in [0.1, 0.15) is 0 Å². The highest BCUT2D eigenvalue weighted by atomic mass is 35.5. The van der Waals surface area contributed by atoms with Gasteiger partial charge >= 0.3 is 0 Å². The Morgan fingerprint density at radius 3 is 2.53 bits per heavy atom. The molecule has 1 saturated heterocycles. The minimum absolute atomic E-state index is 0.125. The highest BCUT2D eigenvalue weighted by molar-refractivity contribution is 8.06. The number of benzene rings is 2. The second-order valence-corrected chi connectivity index (χ2v) is 10.9. The first-order chi connectivity index (χ1) is 15.4. The molecule has 6 nitrogen and oxygen atoms in total. The molecule has 0 aromatic heterocycles. The number of sulfonamides is 1. The summed E-state index contributed by atoms with van der Waals surface area (Å²) in [6, 6.07) is 14.0. The normalized spacial score (nSPS) is 19.3. The maximum atomic E-state index is 13.4. The van der Waals surface area contributed by atoms with E-state index in [-0.39, 0.29) is 10.7 Å². The molecule has 166 valence electrons. The summed E-state index contributed by atoms with van der Waals surface area (Å²) >= 11 is 7.55. The van der Waals surface area contributed by atoms with Crippen molar-refractivity contribution >= 4 is 44.9 Å². The van der Waals surface area contributed by atoms with E-state index in [2.05, 4.69) is 4.90 Å². The summed E-state index contributed by atoms with van der Waals surface area (Å²) in [5.41, 5.74) is 3.21. The lowest BCUT2D eigenvalue weighted by molar-refractivity contribution is 0.0730. The van der Waals surface area contributed by atoms with Crippen LogP contribution < -0.4 is 0 Å². The first kappa shape index (κ1) is 21.7. The molecule has 0 bridgehead atoms. The third-order valence-corrected chi connectivity index (χ3v) is 8.96. The summed E-state index contributed by atoms with van der Waals surface area (Å²) in [7, 11) is -3.66. The monoisotopic (exact) mass is 488 g/mol. The third-order valence-electron chi connectivity index (χ3n) is 5.78. The van der Waals surface area contributed by atoms with Gasteiger partial charge in [-0.1, -0.05) is 47.6 Å². The number of carbonyl (C=O) groups excluding carboxylic acids is 1. The molecule has 2 aromatic carbocycles. The lowest BCUT2D eigenvalue weighted by Gasteiger charge is -2.26. The number of ketones is 1. The number of carbonyl (C=O) groups is 1. The van der Waals surface area contributed by atoms with E-state index in [1.807, 2.05) is 29.7 Å². The summed E-state index contributed by atoms with van der Waals surface area (Å²) in [5, 5.41) is 3.64. The Morgan fingerprint density at radius 1 is 1.03 bits per heavy atom. The van der Waals surface area contributed by atoms with Crippen LogP contribution in [0.1, 0.15) is 22.3 Å². The van der Waals surface area contributed by atoms with Crippen LogP contribution in [0.3, 0.4) is 0 Å². The lowest BCUT2D eigenvalue weighted by atomic mass is 10.0. The predicted molar refractivity (Wildman–Crippen MR) is 126 cm³/mol. The number of nitrogens with zero attached hydrogens (tertiary/aromatic N) is 2. The van der Waals surface area contributed by atoms with Gasteiger partial charge in [0.05, 0.1) is 28.8 Å². The van der Waals surface area contributed by atoms with Crippen molar-refractivity contribution in [1.29, 1.82) is 0 Å². The number of thioether (sulfide) groups is 1. The van der Waals surface area contributed by atoms with Crippen LogP contribution in [-0.4, -0.2) is 56.3 Å². The van der Waals surface area contributed by atoms with Crippen LogP contribution in [0.5, 0.6) is 0 Å². The number of hydrogen-bond donors (Lipinski definition) is 0. The van der Waals surface area contributed by atoms with Gasteiger partial charge in [0.25, 0.3) is 0 Å². The van der Waals surface area contributed by atoms with E-state index < -0.39 is 10.0 Å². The van der Waals surface area contributed by atoms with Gasteiger partial charge in [-0.05, 0) is 36.2 Å². The van der Waals surface area contributed by atoms with Crippen LogP contribution >= 0.6 is 23.4 Å². The van der Waals surface area contributed by atoms with Gasteiger partial charge in [-0.2, -0.15) is 4.31 Å². The summed E-state index contributed by atoms with van der Waals surface area (Å²) in [6.07, 6.45) is 0.618. The summed E-state index contributed by atoms with van der Waals surface area (Å²) in [5.74, 6) is -0.125. The van der Waals surface area contributed by atoms with Crippen LogP contribution in [0, 0.1) is 0 Å². The average Bonchev–Trinajstić information content (AvgIpc) is 3.42. The molecule has 0 amide bonds. The molecule has 1 fully saturated rings. The summed E-state index contributed by atoms with van der Waals surface area (Å²) < 4.78 is 32.7. The molecule has 0 N–H and O–H groups in total. The molecule has 3 aliphatic heterocycles. The Balaban J connectivity index is 1.41. The SMILES string of the molecule is O=C(C1=C2SC=C(c3ccc(Cl)cc3)N2CC1)c1cccc(S(=O)(=O)N2CCOCC2)c1. The first-order valence-electron chi connectivity index (χ1n) is 10.3. The smallest absolute Gasteiger partial charge is 0.243 e. The zero-order chi connectivity index (χ0) is 22.3. The Morgan fingerprint density at radius 2 is 1.78 bits per heavy atom. The maximum absolute atomic E-state index is 13.4. The third kappa shape index (κ3) is 3.91. The van der Waals surface area contributed by atoms with Gasteiger partial charge < -0.3 is 9.64 Å². The van der Waals surface area contributed by atoms with Gasteiger partial charge in [0, 0.05) is 41.2 Å². The fraction of sp³-hybridized carbons (Fsp3) is 0.261. The molecule has 32 heavy (non-hydrogen) atoms. The topological polar surface area (TPSA) is 66.9 Å². The summed E-state index contributed by atoms with van der Waals surface area (Å²) in [6.45, 7) is 2.11. The van der Waals surface area contributed by atoms with E-state index in [0.717, 1.165) is 21.9 Å². The molecule has 0 unspecified atom stereocenters. The Kier molecular flexibility index (Phi) is 5.90. The van der Waals surface area contributed by atoms with Crippen LogP contribution in [0.2, 0.25) is 5.02 Å². The lowest BCUT2D eigenvalue weighted by Crippen LogP contribution is -2.40. The number of ether oxygens (including phenoxy) is 1. The van der Waals surface area contributed by atoms with Crippen molar-refractivity contribution in [3.63, 3.8) is 0 Å². The van der Waals surface area contributed by atoms with Crippen molar-refractivity contribution in [2.24, 2.45) is 0 Å². The van der Waals surface area contributed by atoms with E-state index in [0.29, 0.717) is 49.9 Å². The standard InChI is InChI=1S/C23H21ClN2O4S2/c24-18-6-4-16(5-7-18)21-15-31-23-20(8-9-26(21)23)22(27)17-2-1-3-19(14-17)32(28,29)25-10-12-30-13-11-25/h1-7,14-15H,8-13H2. The molecule has 0 radical (unpaired) electrons. The molecule has 3 heterocycles. The maximum Gasteiger partial charge on any atom is 0.243 e. The molecular weight excluding hydrogens is 468 g/mol. The fourth-order valence-electron chi connectivity index (χ4n) is 4.10. The van der Waals surface area contributed by atoms with Gasteiger partial charge in [0.2, 0.25) is 10.0 Å². The molecule has 9 heteroatoms. The number of hydrogen-bond acceptors (Lipinski definition) is 6. The van der Waals surface area contributed by atoms with Crippen molar-refractivity contribution in [3.05, 3.63) is 80.7 Å². The zero-order valence-electron chi connectivity index (χ0n) is 17.2. The van der Waals surface area contributed by atoms with Crippen LogP contribution in [-0.2, 0) is 14.8 Å². The minimum Gasteiger partial charge on any atom is -0.379 e. The van der Waals surface area contributed by atoms with Crippen LogP contribution in [0.15, 0.2) is 69.4 Å². The average molecular weight is 489 g/mol. The Hall–Kier alpha value is -2.10. The molecule has 0 atom stereocenters. The fourth-order valence-corrected chi connectivity index (χ4v) is 6.82. The molecule has 2 aromatic rings. The highest BCUT2D eigenvalue weighted by Gasteiger charge is 2.34. The van der Waals surface area contributed by atoms with Crippen molar-refractivity contribution < 1.29 is 17.9 Å². The Bertz CT molecular complexity index is 1230. The van der Waals surface area contributed by atoms with Crippen LogP contribution in [0.25, 0.3) is 5.70 Å². The minimum atomic E-state index is -3.66. The van der Waals surface area contributed by atoms with Crippen molar-refractivity contribution in [3.8, 4) is 0 Å². The molecular formula is C23H21ClN2O4S2. The van der Waals surface area contributed by atoms with Crippen molar-refractivity contribution in [2.75, 3.05) is 32.8 Å². The van der Waals surface area contributed by atoms with Gasteiger partial charge in [-0.25, -0.2) is 8.42 Å². The number of Topliss-reactive ketones (excluding diaryl/α,β-unsaturated/α-hetero) is 1. The van der Waals surface area contributed by atoms with Crippen LogP contribution in [0.4, 0.5) is 0 Å². The molecule has 0 spiro atoms. The second kappa shape index (κ2) is 8.68. The second-order valence-electron chi connectivity index (χ2n) is 7.69. The predicted octanol–water partition coefficient (Wildman–Crippen LogP) is 4.21. The molecule has 5 rings (SSSR count). The largest absolute Gasteiger partial charge is 0.379 e. The van der Waals surface area contributed by atoms with E-state index >= 15 is 0 Å². The number of morpholine rings is 1. The van der Waals surface area contributed by atoms with E-state index in [1.54, 1.807) is 18.2 Å². The van der Waals surface area contributed by atoms with Crippen molar-refractivity contribution in [2.45, 2.75) is 11.3 Å². The van der Waals surface area contributed by atoms with Crippen molar-refractivity contribution in [1.82, 2.24) is 9.21 Å². The number of fused-ring (bicyclic) bond motifs is 1. The molecule has 3 aliphatic rings. The quantitative estimate of drug-likeness (QED) is 0.587. The summed E-state index contributed by atoms with van der Waals surface area (Å²) in [4.78, 5) is 15.7. The van der Waals surface area contributed by atoms with E-state index in [9.17, 15) is 13.2 Å². The van der Waals surface area contributed by atoms with Gasteiger partial charge in [0.15, 0.2) is 5.78 Å². The zero-order valence-corrected chi connectivity index (χ0v) is 19.5. The number of rotatable bonds is 5. The number of halogens is 1. The van der Waals surface area contributed by atoms with Gasteiger partial charge in [-0.15, -0.1) is 0 Å². The van der Waals surface area contributed by atoms with Gasteiger partial charge in [-0.3, -0.25) is 4.79 Å². The highest BCUT2D eigenvalue weighted by Crippen LogP contribution is 2.46. The Labute approximate surface area is 196 Å².